The van der Waals surface area contributed by atoms with Crippen molar-refractivity contribution in [1.29, 1.82) is 0 Å². The summed E-state index contributed by atoms with van der Waals surface area (Å²) in [6.07, 6.45) is 0. The van der Waals surface area contributed by atoms with Gasteiger partial charge in [-0.25, -0.2) is 0 Å². The molecule has 1 amide bonds. The van der Waals surface area contributed by atoms with Crippen LogP contribution in [0.2, 0.25) is 0 Å². The summed E-state index contributed by atoms with van der Waals surface area (Å²) in [6, 6.07) is 22.8. The zero-order chi connectivity index (χ0) is 20.8. The summed E-state index contributed by atoms with van der Waals surface area (Å²) in [5.41, 5.74) is 4.69. The van der Waals surface area contributed by atoms with Crippen LogP contribution < -0.4 is 15.4 Å². The zero-order valence-electron chi connectivity index (χ0n) is 16.7. The number of anilines is 1. The van der Waals surface area contributed by atoms with Gasteiger partial charge in [0.25, 0.3) is 11.1 Å². The Bertz CT molecular complexity index is 1020. The van der Waals surface area contributed by atoms with Crippen LogP contribution >= 0.6 is 12.2 Å². The Labute approximate surface area is 176 Å². The molecule has 0 unspecified atom stereocenters. The van der Waals surface area contributed by atoms with Crippen LogP contribution in [-0.4, -0.2) is 11.1 Å². The first-order valence-corrected chi connectivity index (χ1v) is 9.85. The summed E-state index contributed by atoms with van der Waals surface area (Å²) in [7, 11) is 0. The molecule has 29 heavy (non-hydrogen) atoms. The molecule has 0 spiro atoms. The highest BCUT2D eigenvalue weighted by Gasteiger charge is 2.11. The number of aryl methyl sites for hydroxylation is 2. The molecule has 0 heterocycles. The summed E-state index contributed by atoms with van der Waals surface area (Å²) in [4.78, 5) is 12.6. The van der Waals surface area contributed by atoms with Gasteiger partial charge in [0.2, 0.25) is 0 Å². The Morgan fingerprint density at radius 3 is 2.41 bits per heavy atom. The van der Waals surface area contributed by atoms with E-state index >= 15 is 0 Å². The highest BCUT2D eigenvalue weighted by Crippen LogP contribution is 2.18. The first-order valence-electron chi connectivity index (χ1n) is 9.44. The third kappa shape index (κ3) is 5.65. The number of nitrogens with one attached hydrogen (secondary N) is 2. The number of ether oxygens (including phenoxy) is 1. The number of rotatable bonds is 5. The molecule has 5 heteroatoms. The van der Waals surface area contributed by atoms with E-state index in [4.69, 9.17) is 17.0 Å². The highest BCUT2D eigenvalue weighted by atomic mass is 32.1. The Morgan fingerprint density at radius 2 is 1.69 bits per heavy atom. The summed E-state index contributed by atoms with van der Waals surface area (Å²) in [5, 5.41) is 6.33. The van der Waals surface area contributed by atoms with Crippen LogP contribution in [0.25, 0.3) is 0 Å². The van der Waals surface area contributed by atoms with Crippen molar-refractivity contribution in [2.24, 2.45) is 0 Å². The van der Waals surface area contributed by atoms with E-state index < -0.39 is 0 Å². The van der Waals surface area contributed by atoms with Crippen molar-refractivity contribution in [3.63, 3.8) is 0 Å². The molecule has 3 aromatic carbocycles. The molecule has 0 radical (unpaired) electrons. The lowest BCUT2D eigenvalue weighted by Crippen LogP contribution is -2.29. The standard InChI is InChI=1S/C24H24N2O2S/c1-16-12-13-21(14-17(16)2)26-23(27)20-10-7-11-22(15-20)28-24(29)25-18(3)19-8-5-4-6-9-19/h4-15,18H,1-3H3,(H,25,29)(H,26,27)/t18-/m1/s1. The number of hydrogen-bond acceptors (Lipinski definition) is 3. The van der Waals surface area contributed by atoms with Crippen molar-refractivity contribution >= 4 is 29.0 Å². The molecule has 0 saturated heterocycles. The van der Waals surface area contributed by atoms with Gasteiger partial charge in [0.05, 0.1) is 6.04 Å². The van der Waals surface area contributed by atoms with E-state index in [1.54, 1.807) is 24.3 Å². The lowest BCUT2D eigenvalue weighted by molar-refractivity contribution is 0.102. The van der Waals surface area contributed by atoms with Gasteiger partial charge in [0.1, 0.15) is 5.75 Å². The molecule has 2 N–H and O–H groups in total. The van der Waals surface area contributed by atoms with Gasteiger partial charge < -0.3 is 15.4 Å². The van der Waals surface area contributed by atoms with Gasteiger partial charge in [-0.3, -0.25) is 4.79 Å². The second kappa shape index (κ2) is 9.34. The second-order valence-corrected chi connectivity index (χ2v) is 7.32. The van der Waals surface area contributed by atoms with Crippen LogP contribution in [0.1, 0.15) is 40.0 Å². The van der Waals surface area contributed by atoms with E-state index in [1.165, 1.54) is 5.56 Å². The van der Waals surface area contributed by atoms with Gasteiger partial charge in [0.15, 0.2) is 0 Å². The van der Waals surface area contributed by atoms with Crippen molar-refractivity contribution in [3.05, 3.63) is 95.1 Å². The Hall–Kier alpha value is -3.18. The SMILES string of the molecule is Cc1ccc(NC(=O)c2cccc(OC(=S)N[C@H](C)c3ccccc3)c2)cc1C. The molecule has 1 atom stereocenters. The number of amides is 1. The fourth-order valence-electron chi connectivity index (χ4n) is 2.86. The van der Waals surface area contributed by atoms with Crippen molar-refractivity contribution in [1.82, 2.24) is 5.32 Å². The molecule has 3 rings (SSSR count). The topological polar surface area (TPSA) is 50.4 Å². The minimum absolute atomic E-state index is 0.0139. The maximum Gasteiger partial charge on any atom is 0.262 e. The maximum atomic E-state index is 12.6. The molecule has 0 aliphatic rings. The minimum atomic E-state index is -0.199. The molecule has 4 nitrogen and oxygen atoms in total. The van der Waals surface area contributed by atoms with Gasteiger partial charge in [-0.2, -0.15) is 0 Å². The van der Waals surface area contributed by atoms with Gasteiger partial charge in [-0.15, -0.1) is 0 Å². The molecule has 0 saturated carbocycles. The molecule has 0 aliphatic heterocycles. The van der Waals surface area contributed by atoms with Gasteiger partial charge in [0, 0.05) is 11.3 Å². The number of carbonyl (C=O) groups is 1. The minimum Gasteiger partial charge on any atom is -0.432 e. The number of benzene rings is 3. The van der Waals surface area contributed by atoms with Crippen LogP contribution in [0.3, 0.4) is 0 Å². The summed E-state index contributed by atoms with van der Waals surface area (Å²) in [6.45, 7) is 6.07. The van der Waals surface area contributed by atoms with Crippen molar-refractivity contribution in [2.75, 3.05) is 5.32 Å². The Morgan fingerprint density at radius 1 is 0.931 bits per heavy atom. The maximum absolute atomic E-state index is 12.6. The van der Waals surface area contributed by atoms with Gasteiger partial charge >= 0.3 is 0 Å². The molecule has 0 aromatic heterocycles. The summed E-state index contributed by atoms with van der Waals surface area (Å²) < 4.78 is 5.72. The molecular weight excluding hydrogens is 380 g/mol. The number of thiocarbonyl (C=S) groups is 1. The van der Waals surface area contributed by atoms with E-state index in [2.05, 4.69) is 10.6 Å². The second-order valence-electron chi connectivity index (χ2n) is 6.95. The first-order chi connectivity index (χ1) is 13.9. The van der Waals surface area contributed by atoms with E-state index in [-0.39, 0.29) is 17.1 Å². The van der Waals surface area contributed by atoms with Crippen molar-refractivity contribution in [3.8, 4) is 5.75 Å². The van der Waals surface area contributed by atoms with Crippen LogP contribution in [0, 0.1) is 13.8 Å². The third-order valence-electron chi connectivity index (χ3n) is 4.71. The lowest BCUT2D eigenvalue weighted by atomic mass is 10.1. The highest BCUT2D eigenvalue weighted by molar-refractivity contribution is 7.80. The van der Waals surface area contributed by atoms with Gasteiger partial charge in [-0.05, 0) is 80.0 Å². The normalized spacial score (nSPS) is 11.4. The predicted molar refractivity (Wildman–Crippen MR) is 122 cm³/mol. The smallest absolute Gasteiger partial charge is 0.262 e. The molecular formula is C24H24N2O2S. The monoisotopic (exact) mass is 404 g/mol. The zero-order valence-corrected chi connectivity index (χ0v) is 17.5. The molecule has 0 fully saturated rings. The van der Waals surface area contributed by atoms with Crippen molar-refractivity contribution in [2.45, 2.75) is 26.8 Å². The Balaban J connectivity index is 1.63. The summed E-state index contributed by atoms with van der Waals surface area (Å²) in [5.74, 6) is 0.311. The molecule has 148 valence electrons. The van der Waals surface area contributed by atoms with Crippen LogP contribution in [0.15, 0.2) is 72.8 Å². The van der Waals surface area contributed by atoms with Crippen LogP contribution in [0.4, 0.5) is 5.69 Å². The molecule has 0 aliphatic carbocycles. The van der Waals surface area contributed by atoms with E-state index in [1.807, 2.05) is 69.3 Å². The van der Waals surface area contributed by atoms with Crippen LogP contribution in [-0.2, 0) is 0 Å². The lowest BCUT2D eigenvalue weighted by Gasteiger charge is -2.16. The first kappa shape index (κ1) is 20.6. The molecule has 0 bridgehead atoms. The van der Waals surface area contributed by atoms with Crippen LogP contribution in [0.5, 0.6) is 5.75 Å². The quantitative estimate of drug-likeness (QED) is 0.546. The fraction of sp³-hybridized carbons (Fsp3) is 0.167. The molecule has 3 aromatic rings. The third-order valence-corrected chi connectivity index (χ3v) is 4.91. The number of hydrogen-bond donors (Lipinski definition) is 2. The Kier molecular flexibility index (Phi) is 6.62. The van der Waals surface area contributed by atoms with E-state index in [0.29, 0.717) is 11.3 Å². The largest absolute Gasteiger partial charge is 0.432 e. The summed E-state index contributed by atoms with van der Waals surface area (Å²) >= 11 is 5.32. The number of carbonyl (C=O) groups excluding carboxylic acids is 1. The average Bonchev–Trinajstić information content (AvgIpc) is 2.71. The van der Waals surface area contributed by atoms with Crippen molar-refractivity contribution < 1.29 is 9.53 Å². The van der Waals surface area contributed by atoms with Gasteiger partial charge in [-0.1, -0.05) is 42.5 Å². The predicted octanol–water partition coefficient (Wildman–Crippen LogP) is 5.57. The average molecular weight is 405 g/mol. The van der Waals surface area contributed by atoms with E-state index in [9.17, 15) is 4.79 Å². The van der Waals surface area contributed by atoms with E-state index in [0.717, 1.165) is 16.8 Å². The fourth-order valence-corrected chi connectivity index (χ4v) is 3.13.